The number of aromatic nitrogens is 1. The summed E-state index contributed by atoms with van der Waals surface area (Å²) < 4.78 is 5.59. The summed E-state index contributed by atoms with van der Waals surface area (Å²) in [5.74, 6) is 0. The Hall–Kier alpha value is -1.55. The first kappa shape index (κ1) is 12.9. The maximum absolute atomic E-state index is 5.59. The molecular weight excluding hydrogens is 226 g/mol. The smallest absolute Gasteiger partial charge is 0.295 e. The van der Waals surface area contributed by atoms with Gasteiger partial charge in [0.25, 0.3) is 6.01 Å². The molecule has 98 valence electrons. The lowest BCUT2D eigenvalue weighted by Crippen LogP contribution is -2.28. The Morgan fingerprint density at radius 2 is 2.11 bits per heavy atom. The zero-order chi connectivity index (χ0) is 13.0. The van der Waals surface area contributed by atoms with Crippen molar-refractivity contribution in [3.63, 3.8) is 0 Å². The number of rotatable bonds is 6. The average Bonchev–Trinajstić information content (AvgIpc) is 2.76. The number of anilines is 1. The van der Waals surface area contributed by atoms with Crippen LogP contribution in [0.5, 0.6) is 0 Å². The normalized spacial score (nSPS) is 11.6. The SMILES string of the molecule is CC(C)N(C)CCCNc1nc2ccccc2o1. The molecule has 0 saturated heterocycles. The van der Waals surface area contributed by atoms with Crippen molar-refractivity contribution in [2.24, 2.45) is 0 Å². The molecule has 1 aromatic heterocycles. The van der Waals surface area contributed by atoms with E-state index in [1.54, 1.807) is 0 Å². The molecule has 0 fully saturated rings. The van der Waals surface area contributed by atoms with Gasteiger partial charge in [-0.2, -0.15) is 4.98 Å². The van der Waals surface area contributed by atoms with E-state index in [4.69, 9.17) is 4.42 Å². The van der Waals surface area contributed by atoms with Gasteiger partial charge in [0.05, 0.1) is 0 Å². The predicted octanol–water partition coefficient (Wildman–Crippen LogP) is 2.97. The monoisotopic (exact) mass is 247 g/mol. The molecular formula is C14H21N3O. The van der Waals surface area contributed by atoms with Gasteiger partial charge in [0.15, 0.2) is 5.58 Å². The van der Waals surface area contributed by atoms with Crippen LogP contribution in [0.1, 0.15) is 20.3 Å². The third-order valence-corrected chi connectivity index (χ3v) is 3.14. The summed E-state index contributed by atoms with van der Waals surface area (Å²) >= 11 is 0. The molecule has 1 N–H and O–H groups in total. The van der Waals surface area contributed by atoms with Gasteiger partial charge in [-0.1, -0.05) is 12.1 Å². The molecule has 0 spiro atoms. The van der Waals surface area contributed by atoms with Gasteiger partial charge in [-0.15, -0.1) is 0 Å². The van der Waals surface area contributed by atoms with Gasteiger partial charge >= 0.3 is 0 Å². The van der Waals surface area contributed by atoms with E-state index >= 15 is 0 Å². The van der Waals surface area contributed by atoms with E-state index in [1.165, 1.54) is 0 Å². The van der Waals surface area contributed by atoms with Gasteiger partial charge in [-0.25, -0.2) is 0 Å². The molecule has 0 atom stereocenters. The van der Waals surface area contributed by atoms with E-state index in [9.17, 15) is 0 Å². The van der Waals surface area contributed by atoms with Gasteiger partial charge in [0.1, 0.15) is 5.52 Å². The average molecular weight is 247 g/mol. The number of oxazole rings is 1. The molecule has 0 aliphatic rings. The first-order chi connectivity index (χ1) is 8.66. The quantitative estimate of drug-likeness (QED) is 0.797. The minimum absolute atomic E-state index is 0.592. The Bertz CT molecular complexity index is 459. The maximum Gasteiger partial charge on any atom is 0.295 e. The first-order valence-corrected chi connectivity index (χ1v) is 6.46. The fourth-order valence-corrected chi connectivity index (χ4v) is 1.73. The minimum Gasteiger partial charge on any atom is -0.424 e. The van der Waals surface area contributed by atoms with E-state index in [0.29, 0.717) is 12.1 Å². The van der Waals surface area contributed by atoms with Crippen LogP contribution in [0.4, 0.5) is 6.01 Å². The number of nitrogens with zero attached hydrogens (tertiary/aromatic N) is 2. The zero-order valence-electron chi connectivity index (χ0n) is 11.3. The summed E-state index contributed by atoms with van der Waals surface area (Å²) in [5, 5.41) is 3.22. The van der Waals surface area contributed by atoms with Crippen LogP contribution in [0.3, 0.4) is 0 Å². The van der Waals surface area contributed by atoms with Crippen LogP contribution < -0.4 is 5.32 Å². The summed E-state index contributed by atoms with van der Waals surface area (Å²) in [7, 11) is 2.14. The summed E-state index contributed by atoms with van der Waals surface area (Å²) in [6.07, 6.45) is 1.08. The van der Waals surface area contributed by atoms with Crippen molar-refractivity contribution in [1.82, 2.24) is 9.88 Å². The third-order valence-electron chi connectivity index (χ3n) is 3.14. The zero-order valence-corrected chi connectivity index (χ0v) is 11.3. The highest BCUT2D eigenvalue weighted by Crippen LogP contribution is 2.17. The van der Waals surface area contributed by atoms with E-state index in [-0.39, 0.29) is 0 Å². The van der Waals surface area contributed by atoms with Crippen molar-refractivity contribution in [3.8, 4) is 0 Å². The lowest BCUT2D eigenvalue weighted by Gasteiger charge is -2.20. The van der Waals surface area contributed by atoms with Gasteiger partial charge in [0, 0.05) is 12.6 Å². The lowest BCUT2D eigenvalue weighted by atomic mass is 10.3. The Labute approximate surface area is 108 Å². The second-order valence-electron chi connectivity index (χ2n) is 4.84. The van der Waals surface area contributed by atoms with Crippen molar-refractivity contribution in [2.75, 3.05) is 25.5 Å². The Morgan fingerprint density at radius 3 is 2.83 bits per heavy atom. The lowest BCUT2D eigenvalue weighted by molar-refractivity contribution is 0.273. The van der Waals surface area contributed by atoms with Gasteiger partial charge in [0.2, 0.25) is 0 Å². The molecule has 0 amide bonds. The molecule has 0 aliphatic carbocycles. The van der Waals surface area contributed by atoms with Crippen LogP contribution in [-0.4, -0.2) is 36.1 Å². The van der Waals surface area contributed by atoms with Crippen LogP contribution in [0.2, 0.25) is 0 Å². The number of hydrogen-bond acceptors (Lipinski definition) is 4. The second-order valence-corrected chi connectivity index (χ2v) is 4.84. The van der Waals surface area contributed by atoms with Crippen molar-refractivity contribution < 1.29 is 4.42 Å². The first-order valence-electron chi connectivity index (χ1n) is 6.46. The largest absolute Gasteiger partial charge is 0.424 e. The molecule has 2 aromatic rings. The molecule has 0 aliphatic heterocycles. The summed E-state index contributed by atoms with van der Waals surface area (Å²) in [5.41, 5.74) is 1.73. The van der Waals surface area contributed by atoms with Crippen molar-refractivity contribution in [1.29, 1.82) is 0 Å². The molecule has 0 saturated carbocycles. The third kappa shape index (κ3) is 3.23. The Kier molecular flexibility index (Phi) is 4.20. The molecule has 0 radical (unpaired) electrons. The minimum atomic E-state index is 0.592. The van der Waals surface area contributed by atoms with Crippen LogP contribution in [0.15, 0.2) is 28.7 Å². The highest BCUT2D eigenvalue weighted by atomic mass is 16.4. The van der Waals surface area contributed by atoms with Crippen LogP contribution in [-0.2, 0) is 0 Å². The van der Waals surface area contributed by atoms with Gasteiger partial charge < -0.3 is 14.6 Å². The van der Waals surface area contributed by atoms with Crippen LogP contribution in [0.25, 0.3) is 11.1 Å². The standard InChI is InChI=1S/C14H21N3O/c1-11(2)17(3)10-6-9-15-14-16-12-7-4-5-8-13(12)18-14/h4-5,7-8,11H,6,9-10H2,1-3H3,(H,15,16). The molecule has 4 heteroatoms. The number of hydrogen-bond donors (Lipinski definition) is 1. The molecule has 0 unspecified atom stereocenters. The predicted molar refractivity (Wildman–Crippen MR) is 74.9 cm³/mol. The van der Waals surface area contributed by atoms with Crippen molar-refractivity contribution >= 4 is 17.1 Å². The topological polar surface area (TPSA) is 41.3 Å². The molecule has 1 heterocycles. The van der Waals surface area contributed by atoms with E-state index in [0.717, 1.165) is 30.6 Å². The Morgan fingerprint density at radius 1 is 1.33 bits per heavy atom. The van der Waals surface area contributed by atoms with Crippen molar-refractivity contribution in [2.45, 2.75) is 26.3 Å². The highest BCUT2D eigenvalue weighted by Gasteiger charge is 2.05. The second kappa shape index (κ2) is 5.87. The van der Waals surface area contributed by atoms with E-state index in [2.05, 4.69) is 36.1 Å². The van der Waals surface area contributed by atoms with Crippen LogP contribution in [0, 0.1) is 0 Å². The molecule has 18 heavy (non-hydrogen) atoms. The highest BCUT2D eigenvalue weighted by molar-refractivity contribution is 5.74. The number of nitrogens with one attached hydrogen (secondary N) is 1. The number of benzene rings is 1. The molecule has 2 rings (SSSR count). The fourth-order valence-electron chi connectivity index (χ4n) is 1.73. The number of fused-ring (bicyclic) bond motifs is 1. The summed E-state index contributed by atoms with van der Waals surface area (Å²) in [4.78, 5) is 6.70. The molecule has 0 bridgehead atoms. The van der Waals surface area contributed by atoms with E-state index in [1.807, 2.05) is 24.3 Å². The van der Waals surface area contributed by atoms with Crippen LogP contribution >= 0.6 is 0 Å². The molecule has 1 aromatic carbocycles. The fraction of sp³-hybridized carbons (Fsp3) is 0.500. The van der Waals surface area contributed by atoms with Gasteiger partial charge in [-0.05, 0) is 46.0 Å². The summed E-state index contributed by atoms with van der Waals surface area (Å²) in [6, 6.07) is 9.01. The van der Waals surface area contributed by atoms with Crippen molar-refractivity contribution in [3.05, 3.63) is 24.3 Å². The summed E-state index contributed by atoms with van der Waals surface area (Å²) in [6.45, 7) is 6.36. The number of para-hydroxylation sites is 2. The van der Waals surface area contributed by atoms with E-state index < -0.39 is 0 Å². The Balaban J connectivity index is 1.80. The molecule has 4 nitrogen and oxygen atoms in total. The van der Waals surface area contributed by atoms with Gasteiger partial charge in [-0.3, -0.25) is 0 Å². The maximum atomic E-state index is 5.59.